The van der Waals surface area contributed by atoms with Crippen LogP contribution in [0.15, 0.2) is 36.4 Å². The smallest absolute Gasteiger partial charge is 0.340 e. The molecule has 0 spiro atoms. The Bertz CT molecular complexity index is 683. The van der Waals surface area contributed by atoms with Crippen LogP contribution >= 0.6 is 34.8 Å². The number of hydrogen-bond donors (Lipinski definition) is 0. The van der Waals surface area contributed by atoms with Gasteiger partial charge >= 0.3 is 5.97 Å². The number of halogens is 4. The first-order valence-corrected chi connectivity index (χ1v) is 7.12. The van der Waals surface area contributed by atoms with Crippen LogP contribution in [0.25, 0.3) is 0 Å². The Balaban J connectivity index is 2.06. The molecule has 0 N–H and O–H groups in total. The second-order valence-electron chi connectivity index (χ2n) is 4.25. The molecule has 22 heavy (non-hydrogen) atoms. The highest BCUT2D eigenvalue weighted by atomic mass is 35.5. The first kappa shape index (κ1) is 16.7. The average molecular weight is 362 g/mol. The summed E-state index contributed by atoms with van der Waals surface area (Å²) in [6.45, 7) is -0.520. The van der Waals surface area contributed by atoms with Crippen LogP contribution in [0.2, 0.25) is 15.1 Å². The molecule has 3 nitrogen and oxygen atoms in total. The van der Waals surface area contributed by atoms with Crippen molar-refractivity contribution in [2.45, 2.75) is 0 Å². The molecule has 0 saturated carbocycles. The summed E-state index contributed by atoms with van der Waals surface area (Å²) in [5.74, 6) is -1.90. The number of Topliss-reactive ketones (excluding diaryl/α,β-unsaturated/α-hetero) is 1. The molecular formula is C15H8Cl3FO3. The maximum atomic E-state index is 12.9. The minimum absolute atomic E-state index is 0.0296. The Morgan fingerprint density at radius 1 is 0.955 bits per heavy atom. The maximum absolute atomic E-state index is 12.9. The van der Waals surface area contributed by atoms with E-state index in [1.807, 2.05) is 0 Å². The van der Waals surface area contributed by atoms with Crippen LogP contribution in [-0.2, 0) is 4.74 Å². The van der Waals surface area contributed by atoms with Gasteiger partial charge in [-0.15, -0.1) is 0 Å². The minimum atomic E-state index is -0.830. The van der Waals surface area contributed by atoms with E-state index in [0.717, 1.165) is 12.1 Å². The zero-order chi connectivity index (χ0) is 16.3. The maximum Gasteiger partial charge on any atom is 0.340 e. The van der Waals surface area contributed by atoms with Crippen molar-refractivity contribution in [3.05, 3.63) is 68.4 Å². The van der Waals surface area contributed by atoms with Crippen LogP contribution in [0.3, 0.4) is 0 Å². The molecule has 0 unspecified atom stereocenters. The predicted octanol–water partition coefficient (Wildman–Crippen LogP) is 4.83. The van der Waals surface area contributed by atoms with Crippen molar-refractivity contribution in [1.82, 2.24) is 0 Å². The molecule has 0 saturated heterocycles. The second-order valence-corrected chi connectivity index (χ2v) is 5.50. The van der Waals surface area contributed by atoms with Crippen molar-refractivity contribution < 1.29 is 18.7 Å². The number of esters is 1. The highest BCUT2D eigenvalue weighted by Crippen LogP contribution is 2.22. The van der Waals surface area contributed by atoms with Gasteiger partial charge in [-0.1, -0.05) is 34.8 Å². The molecule has 0 aliphatic rings. The zero-order valence-corrected chi connectivity index (χ0v) is 13.2. The molecule has 0 fully saturated rings. The molecule has 0 radical (unpaired) electrons. The summed E-state index contributed by atoms with van der Waals surface area (Å²) in [5.41, 5.74) is 0.155. The van der Waals surface area contributed by atoms with Crippen molar-refractivity contribution in [2.75, 3.05) is 6.61 Å². The van der Waals surface area contributed by atoms with Gasteiger partial charge in [0.15, 0.2) is 6.61 Å². The fourth-order valence-electron chi connectivity index (χ4n) is 1.66. The molecule has 2 aromatic carbocycles. The van der Waals surface area contributed by atoms with Gasteiger partial charge in [0.1, 0.15) is 5.82 Å². The summed E-state index contributed by atoms with van der Waals surface area (Å²) >= 11 is 17.4. The molecule has 0 amide bonds. The standard InChI is InChI=1S/C15H8Cl3FO3/c16-8-1-3-10(12(17)5-8)14(20)7-22-15(21)11-4-2-9(19)6-13(11)18/h1-6H,7H2. The Hall–Kier alpha value is -1.62. The molecule has 0 aromatic heterocycles. The third-order valence-electron chi connectivity index (χ3n) is 2.72. The first-order chi connectivity index (χ1) is 10.4. The fourth-order valence-corrected chi connectivity index (χ4v) is 2.42. The molecule has 2 rings (SSSR count). The molecule has 0 aliphatic carbocycles. The Kier molecular flexibility index (Phi) is 5.40. The SMILES string of the molecule is O=C(COC(=O)c1ccc(F)cc1Cl)c1ccc(Cl)cc1Cl. The third-order valence-corrected chi connectivity index (χ3v) is 3.58. The van der Waals surface area contributed by atoms with Gasteiger partial charge < -0.3 is 4.74 Å². The monoisotopic (exact) mass is 360 g/mol. The second kappa shape index (κ2) is 7.09. The van der Waals surface area contributed by atoms with E-state index in [1.165, 1.54) is 24.3 Å². The number of ketones is 1. The van der Waals surface area contributed by atoms with E-state index >= 15 is 0 Å². The van der Waals surface area contributed by atoms with Crippen LogP contribution in [0.1, 0.15) is 20.7 Å². The topological polar surface area (TPSA) is 43.4 Å². The summed E-state index contributed by atoms with van der Waals surface area (Å²) < 4.78 is 17.8. The van der Waals surface area contributed by atoms with Crippen molar-refractivity contribution in [2.24, 2.45) is 0 Å². The molecule has 2 aromatic rings. The molecule has 0 atom stereocenters. The van der Waals surface area contributed by atoms with Gasteiger partial charge in [-0.25, -0.2) is 9.18 Å². The molecule has 0 aliphatic heterocycles. The van der Waals surface area contributed by atoms with Crippen LogP contribution in [0, 0.1) is 5.82 Å². The number of ether oxygens (including phenoxy) is 1. The molecular weight excluding hydrogens is 354 g/mol. The largest absolute Gasteiger partial charge is 0.454 e. The van der Waals surface area contributed by atoms with Gasteiger partial charge in [0.2, 0.25) is 5.78 Å². The zero-order valence-electron chi connectivity index (χ0n) is 10.9. The normalized spacial score (nSPS) is 10.4. The Labute approximate surface area is 140 Å². The van der Waals surface area contributed by atoms with Crippen molar-refractivity contribution >= 4 is 46.6 Å². The van der Waals surface area contributed by atoms with E-state index in [0.29, 0.717) is 5.02 Å². The fraction of sp³-hybridized carbons (Fsp3) is 0.0667. The highest BCUT2D eigenvalue weighted by Gasteiger charge is 2.16. The Morgan fingerprint density at radius 2 is 1.59 bits per heavy atom. The van der Waals surface area contributed by atoms with Gasteiger partial charge in [0, 0.05) is 10.6 Å². The lowest BCUT2D eigenvalue weighted by atomic mass is 10.1. The Morgan fingerprint density at radius 3 is 2.23 bits per heavy atom. The number of carbonyl (C=O) groups excluding carboxylic acids is 2. The van der Waals surface area contributed by atoms with E-state index in [9.17, 15) is 14.0 Å². The number of carbonyl (C=O) groups is 2. The van der Waals surface area contributed by atoms with Gasteiger partial charge in [0.05, 0.1) is 15.6 Å². The molecule has 0 heterocycles. The van der Waals surface area contributed by atoms with Gasteiger partial charge in [-0.2, -0.15) is 0 Å². The van der Waals surface area contributed by atoms with Crippen LogP contribution in [0.5, 0.6) is 0 Å². The van der Waals surface area contributed by atoms with E-state index in [2.05, 4.69) is 0 Å². The van der Waals surface area contributed by atoms with Gasteiger partial charge in [0.25, 0.3) is 0 Å². The molecule has 7 heteroatoms. The summed E-state index contributed by atoms with van der Waals surface area (Å²) in [6, 6.07) is 7.58. The number of benzene rings is 2. The van der Waals surface area contributed by atoms with Gasteiger partial charge in [-0.3, -0.25) is 4.79 Å². The summed E-state index contributed by atoms with van der Waals surface area (Å²) in [4.78, 5) is 23.8. The lowest BCUT2D eigenvalue weighted by Crippen LogP contribution is -2.15. The van der Waals surface area contributed by atoms with Crippen LogP contribution < -0.4 is 0 Å². The number of hydrogen-bond acceptors (Lipinski definition) is 3. The van der Waals surface area contributed by atoms with E-state index in [4.69, 9.17) is 39.5 Å². The first-order valence-electron chi connectivity index (χ1n) is 5.99. The van der Waals surface area contributed by atoms with E-state index < -0.39 is 24.2 Å². The van der Waals surface area contributed by atoms with Crippen molar-refractivity contribution in [1.29, 1.82) is 0 Å². The quantitative estimate of drug-likeness (QED) is 0.579. The minimum Gasteiger partial charge on any atom is -0.454 e. The van der Waals surface area contributed by atoms with Crippen molar-refractivity contribution in [3.63, 3.8) is 0 Å². The predicted molar refractivity (Wildman–Crippen MR) is 82.5 cm³/mol. The van der Waals surface area contributed by atoms with Crippen molar-refractivity contribution in [3.8, 4) is 0 Å². The third kappa shape index (κ3) is 3.97. The van der Waals surface area contributed by atoms with Crippen LogP contribution in [0.4, 0.5) is 4.39 Å². The van der Waals surface area contributed by atoms with E-state index in [1.54, 1.807) is 0 Å². The number of rotatable bonds is 4. The lowest BCUT2D eigenvalue weighted by Gasteiger charge is -2.07. The molecule has 114 valence electrons. The lowest BCUT2D eigenvalue weighted by molar-refractivity contribution is 0.0475. The summed E-state index contributed by atoms with van der Waals surface area (Å²) in [6.07, 6.45) is 0. The highest BCUT2D eigenvalue weighted by molar-refractivity contribution is 6.37. The summed E-state index contributed by atoms with van der Waals surface area (Å²) in [7, 11) is 0. The summed E-state index contributed by atoms with van der Waals surface area (Å²) in [5, 5.41) is 0.451. The van der Waals surface area contributed by atoms with Gasteiger partial charge in [-0.05, 0) is 36.4 Å². The average Bonchev–Trinajstić information content (AvgIpc) is 2.44. The van der Waals surface area contributed by atoms with Crippen LogP contribution in [-0.4, -0.2) is 18.4 Å². The van der Waals surface area contributed by atoms with E-state index in [-0.39, 0.29) is 21.2 Å². The molecule has 0 bridgehead atoms.